The molecule has 1 aliphatic carbocycles. The van der Waals surface area contributed by atoms with Crippen molar-refractivity contribution in [3.8, 4) is 5.75 Å². The molecule has 0 amide bonds. The Morgan fingerprint density at radius 1 is 1.04 bits per heavy atom. The molecule has 0 fully saturated rings. The van der Waals surface area contributed by atoms with Crippen LogP contribution in [0.2, 0.25) is 0 Å². The second kappa shape index (κ2) is 7.84. The van der Waals surface area contributed by atoms with Crippen molar-refractivity contribution < 1.29 is 4.74 Å². The Hall–Kier alpha value is -2.52. The zero-order valence-corrected chi connectivity index (χ0v) is 16.7. The number of aryl methyl sites for hydroxylation is 1. The molecule has 1 N–H and O–H groups in total. The normalized spacial score (nSPS) is 22.4. The zero-order chi connectivity index (χ0) is 18.8. The molecule has 3 heteroatoms. The van der Waals surface area contributed by atoms with Crippen LogP contribution in [0.5, 0.6) is 5.75 Å². The van der Waals surface area contributed by atoms with E-state index >= 15 is 0 Å². The van der Waals surface area contributed by atoms with Crippen LogP contribution < -0.4 is 10.1 Å². The van der Waals surface area contributed by atoms with Gasteiger partial charge in [-0.2, -0.15) is 0 Å². The summed E-state index contributed by atoms with van der Waals surface area (Å²) in [6.45, 7) is 0.753. The summed E-state index contributed by atoms with van der Waals surface area (Å²) in [5, 5.41) is 5.98. The average Bonchev–Trinajstić information content (AvgIpc) is 3.44. The summed E-state index contributed by atoms with van der Waals surface area (Å²) < 4.78 is 6.09. The number of allylic oxidation sites excluding steroid dienone is 2. The van der Waals surface area contributed by atoms with Crippen LogP contribution in [0.25, 0.3) is 0 Å². The van der Waals surface area contributed by atoms with Gasteiger partial charge in [0.15, 0.2) is 0 Å². The Morgan fingerprint density at radius 2 is 1.96 bits per heavy atom. The molecular weight excluding hydrogens is 362 g/mol. The molecule has 1 aliphatic heterocycles. The minimum absolute atomic E-state index is 0.408. The molecule has 2 heterocycles. The standard InChI is InChI=1S/C25H25NOS/c1-2-7-18(8-3-1)9-5-15-27-19-13-14-23-22(17-19)20-10-4-11-21(20)25(26-23)24-12-6-16-28-24/h1-4,6-8,10,12-14,16-17,20-21,25-26H,5,9,11,15H2. The van der Waals surface area contributed by atoms with Gasteiger partial charge in [-0.15, -0.1) is 11.3 Å². The first-order valence-corrected chi connectivity index (χ1v) is 11.0. The molecule has 28 heavy (non-hydrogen) atoms. The summed E-state index contributed by atoms with van der Waals surface area (Å²) in [5.74, 6) is 2.07. The minimum atomic E-state index is 0.408. The number of benzene rings is 2. The van der Waals surface area contributed by atoms with E-state index < -0.39 is 0 Å². The highest BCUT2D eigenvalue weighted by Gasteiger charge is 2.38. The molecule has 142 valence electrons. The van der Waals surface area contributed by atoms with Gasteiger partial charge in [0.05, 0.1) is 12.6 Å². The minimum Gasteiger partial charge on any atom is -0.494 e. The Balaban J connectivity index is 1.28. The van der Waals surface area contributed by atoms with Crippen molar-refractivity contribution in [2.45, 2.75) is 31.2 Å². The second-order valence-electron chi connectivity index (χ2n) is 7.68. The molecule has 3 atom stereocenters. The lowest BCUT2D eigenvalue weighted by molar-refractivity contribution is 0.310. The first-order valence-electron chi connectivity index (χ1n) is 10.2. The predicted octanol–water partition coefficient (Wildman–Crippen LogP) is 6.59. The summed E-state index contributed by atoms with van der Waals surface area (Å²) >= 11 is 1.85. The largest absolute Gasteiger partial charge is 0.494 e. The molecule has 0 saturated carbocycles. The van der Waals surface area contributed by atoms with Crippen molar-refractivity contribution in [1.29, 1.82) is 0 Å². The summed E-state index contributed by atoms with van der Waals surface area (Å²) in [6, 6.07) is 22.0. The Labute approximate surface area is 170 Å². The van der Waals surface area contributed by atoms with Crippen molar-refractivity contribution >= 4 is 17.0 Å². The SMILES string of the molecule is C1=CC2c3cc(OCCCc4ccccc4)ccc3NC(c3cccs3)C2C1. The predicted molar refractivity (Wildman–Crippen MR) is 117 cm³/mol. The van der Waals surface area contributed by atoms with Gasteiger partial charge in [0.1, 0.15) is 5.75 Å². The molecule has 2 aromatic carbocycles. The van der Waals surface area contributed by atoms with Crippen LogP contribution in [0, 0.1) is 5.92 Å². The first kappa shape index (κ1) is 17.6. The van der Waals surface area contributed by atoms with Crippen molar-refractivity contribution in [2.75, 3.05) is 11.9 Å². The van der Waals surface area contributed by atoms with Crippen molar-refractivity contribution in [1.82, 2.24) is 0 Å². The topological polar surface area (TPSA) is 21.3 Å². The van der Waals surface area contributed by atoms with Gasteiger partial charge < -0.3 is 10.1 Å². The van der Waals surface area contributed by atoms with Gasteiger partial charge >= 0.3 is 0 Å². The van der Waals surface area contributed by atoms with E-state index in [0.29, 0.717) is 17.9 Å². The van der Waals surface area contributed by atoms with Crippen LogP contribution in [-0.4, -0.2) is 6.61 Å². The van der Waals surface area contributed by atoms with Gasteiger partial charge in [0.25, 0.3) is 0 Å². The fourth-order valence-corrected chi connectivity index (χ4v) is 5.37. The first-order chi connectivity index (χ1) is 13.9. The van der Waals surface area contributed by atoms with E-state index in [4.69, 9.17) is 4.74 Å². The maximum absolute atomic E-state index is 6.09. The van der Waals surface area contributed by atoms with Crippen molar-refractivity contribution in [3.63, 3.8) is 0 Å². The summed E-state index contributed by atoms with van der Waals surface area (Å²) in [4.78, 5) is 1.44. The van der Waals surface area contributed by atoms with Gasteiger partial charge in [-0.1, -0.05) is 48.6 Å². The van der Waals surface area contributed by atoms with E-state index in [-0.39, 0.29) is 0 Å². The van der Waals surface area contributed by atoms with Crippen LogP contribution in [0.3, 0.4) is 0 Å². The number of rotatable bonds is 6. The van der Waals surface area contributed by atoms with Gasteiger partial charge in [0, 0.05) is 16.5 Å². The number of nitrogens with one attached hydrogen (secondary N) is 1. The number of fused-ring (bicyclic) bond motifs is 3. The molecule has 0 saturated heterocycles. The number of thiophene rings is 1. The van der Waals surface area contributed by atoms with Crippen LogP contribution in [0.15, 0.2) is 78.2 Å². The maximum atomic E-state index is 6.09. The maximum Gasteiger partial charge on any atom is 0.119 e. The number of hydrogen-bond donors (Lipinski definition) is 1. The summed E-state index contributed by atoms with van der Waals surface area (Å²) in [6.07, 6.45) is 7.97. The Morgan fingerprint density at radius 3 is 2.82 bits per heavy atom. The Bertz CT molecular complexity index is 948. The fraction of sp³-hybridized carbons (Fsp3) is 0.280. The number of hydrogen-bond acceptors (Lipinski definition) is 3. The summed E-state index contributed by atoms with van der Waals surface area (Å²) in [7, 11) is 0. The van der Waals surface area contributed by atoms with Crippen LogP contribution >= 0.6 is 11.3 Å². The Kier molecular flexibility index (Phi) is 4.92. The smallest absolute Gasteiger partial charge is 0.119 e. The second-order valence-corrected chi connectivity index (χ2v) is 8.66. The molecule has 5 rings (SSSR count). The number of ether oxygens (including phenoxy) is 1. The number of anilines is 1. The molecule has 0 radical (unpaired) electrons. The summed E-state index contributed by atoms with van der Waals surface area (Å²) in [5.41, 5.74) is 4.01. The average molecular weight is 388 g/mol. The highest BCUT2D eigenvalue weighted by molar-refractivity contribution is 7.10. The third-order valence-electron chi connectivity index (χ3n) is 5.91. The van der Waals surface area contributed by atoms with Gasteiger partial charge in [-0.3, -0.25) is 0 Å². The van der Waals surface area contributed by atoms with E-state index in [1.807, 2.05) is 11.3 Å². The third-order valence-corrected chi connectivity index (χ3v) is 6.86. The molecular formula is C25H25NOS. The third kappa shape index (κ3) is 3.47. The molecule has 0 bridgehead atoms. The molecule has 2 aliphatic rings. The van der Waals surface area contributed by atoms with Crippen LogP contribution in [0.4, 0.5) is 5.69 Å². The van der Waals surface area contributed by atoms with E-state index in [0.717, 1.165) is 31.6 Å². The molecule has 3 unspecified atom stereocenters. The van der Waals surface area contributed by atoms with Crippen LogP contribution in [-0.2, 0) is 6.42 Å². The fourth-order valence-electron chi connectivity index (χ4n) is 4.52. The molecule has 2 nitrogen and oxygen atoms in total. The molecule has 1 aromatic heterocycles. The van der Waals surface area contributed by atoms with E-state index in [1.165, 1.54) is 21.7 Å². The highest BCUT2D eigenvalue weighted by atomic mass is 32.1. The van der Waals surface area contributed by atoms with Crippen LogP contribution in [0.1, 0.15) is 40.8 Å². The lowest BCUT2D eigenvalue weighted by Gasteiger charge is -2.37. The lowest BCUT2D eigenvalue weighted by Crippen LogP contribution is -2.28. The quantitative estimate of drug-likeness (QED) is 0.381. The van der Waals surface area contributed by atoms with E-state index in [9.17, 15) is 0 Å². The zero-order valence-electron chi connectivity index (χ0n) is 15.9. The van der Waals surface area contributed by atoms with E-state index in [2.05, 4.69) is 83.5 Å². The van der Waals surface area contributed by atoms with Crippen molar-refractivity contribution in [3.05, 3.63) is 94.2 Å². The lowest BCUT2D eigenvalue weighted by atomic mass is 9.79. The molecule has 0 spiro atoms. The molecule has 3 aromatic rings. The van der Waals surface area contributed by atoms with E-state index in [1.54, 1.807) is 0 Å². The highest BCUT2D eigenvalue weighted by Crippen LogP contribution is 2.51. The van der Waals surface area contributed by atoms with Gasteiger partial charge in [0.2, 0.25) is 0 Å². The monoisotopic (exact) mass is 387 g/mol. The van der Waals surface area contributed by atoms with Gasteiger partial charge in [-0.25, -0.2) is 0 Å². The van der Waals surface area contributed by atoms with Crippen molar-refractivity contribution in [2.24, 2.45) is 5.92 Å². The van der Waals surface area contributed by atoms with Gasteiger partial charge in [-0.05, 0) is 66.0 Å².